The van der Waals surface area contributed by atoms with Gasteiger partial charge >= 0.3 is 0 Å². The van der Waals surface area contributed by atoms with E-state index >= 15 is 0 Å². The second-order valence-corrected chi connectivity index (χ2v) is 6.42. The topological polar surface area (TPSA) is 78.0 Å². The Hall–Kier alpha value is -3.06. The van der Waals surface area contributed by atoms with E-state index in [2.05, 4.69) is 20.9 Å². The summed E-state index contributed by atoms with van der Waals surface area (Å²) < 4.78 is 2.37. The van der Waals surface area contributed by atoms with E-state index in [0.29, 0.717) is 11.2 Å². The zero-order chi connectivity index (χ0) is 17.6. The molecule has 0 spiro atoms. The summed E-state index contributed by atoms with van der Waals surface area (Å²) in [6.07, 6.45) is 1.69. The van der Waals surface area contributed by atoms with Crippen molar-refractivity contribution in [3.8, 4) is 5.69 Å². The number of nitrogens with zero attached hydrogens (tertiary/aromatic N) is 3. The number of pyridine rings is 2. The molecule has 6 nitrogen and oxygen atoms in total. The van der Waals surface area contributed by atoms with Crippen LogP contribution in [0.3, 0.4) is 0 Å². The molecule has 0 aliphatic rings. The molecule has 0 radical (unpaired) electrons. The van der Waals surface area contributed by atoms with Gasteiger partial charge in [-0.3, -0.25) is 24.5 Å². The largest absolute Gasteiger partial charge is 0.276 e. The van der Waals surface area contributed by atoms with Crippen LogP contribution in [0.4, 0.5) is 5.69 Å². The zero-order valence-electron chi connectivity index (χ0n) is 12.7. The summed E-state index contributed by atoms with van der Waals surface area (Å²) in [5.74, 6) is 0. The van der Waals surface area contributed by atoms with Gasteiger partial charge in [0.2, 0.25) is 0 Å². The Morgan fingerprint density at radius 3 is 2.72 bits per heavy atom. The number of rotatable bonds is 2. The monoisotopic (exact) mass is 395 g/mol. The van der Waals surface area contributed by atoms with E-state index in [0.717, 1.165) is 20.8 Å². The number of fused-ring (bicyclic) bond motifs is 3. The van der Waals surface area contributed by atoms with Crippen LogP contribution in [0.5, 0.6) is 0 Å². The van der Waals surface area contributed by atoms with Gasteiger partial charge in [-0.1, -0.05) is 22.0 Å². The number of nitro benzene ring substituents is 1. The third kappa shape index (κ3) is 2.58. The molecule has 122 valence electrons. The van der Waals surface area contributed by atoms with Gasteiger partial charge in [0, 0.05) is 39.6 Å². The fourth-order valence-electron chi connectivity index (χ4n) is 2.89. The summed E-state index contributed by atoms with van der Waals surface area (Å²) in [7, 11) is 0. The maximum absolute atomic E-state index is 12.6. The highest BCUT2D eigenvalue weighted by Crippen LogP contribution is 2.27. The molecule has 0 N–H and O–H groups in total. The molecule has 2 aromatic carbocycles. The number of benzene rings is 2. The molecule has 25 heavy (non-hydrogen) atoms. The highest BCUT2D eigenvalue weighted by Gasteiger charge is 2.13. The van der Waals surface area contributed by atoms with Crippen molar-refractivity contribution >= 4 is 43.4 Å². The molecule has 0 aliphatic heterocycles. The minimum atomic E-state index is -0.476. The molecule has 0 saturated carbocycles. The van der Waals surface area contributed by atoms with Crippen LogP contribution < -0.4 is 5.56 Å². The number of nitro groups is 1. The molecule has 0 unspecified atom stereocenters. The van der Waals surface area contributed by atoms with E-state index < -0.39 is 4.92 Å². The smallest absolute Gasteiger partial charge is 0.271 e. The van der Waals surface area contributed by atoms with E-state index in [1.807, 2.05) is 18.2 Å². The normalized spacial score (nSPS) is 11.1. The van der Waals surface area contributed by atoms with Crippen LogP contribution in [-0.2, 0) is 0 Å². The molecule has 0 atom stereocenters. The third-order valence-corrected chi connectivity index (χ3v) is 4.47. The van der Waals surface area contributed by atoms with Gasteiger partial charge < -0.3 is 0 Å². The van der Waals surface area contributed by atoms with Gasteiger partial charge in [0.25, 0.3) is 11.2 Å². The lowest BCUT2D eigenvalue weighted by atomic mass is 10.1. The molecular formula is C18H10BrN3O3. The van der Waals surface area contributed by atoms with E-state index in [1.54, 1.807) is 24.4 Å². The molecule has 0 saturated heterocycles. The molecule has 2 aromatic heterocycles. The minimum absolute atomic E-state index is 0.0671. The Kier molecular flexibility index (Phi) is 3.58. The average Bonchev–Trinajstić information content (AvgIpc) is 2.61. The van der Waals surface area contributed by atoms with E-state index in [9.17, 15) is 14.9 Å². The Morgan fingerprint density at radius 1 is 1.08 bits per heavy atom. The Morgan fingerprint density at radius 2 is 1.92 bits per heavy atom. The van der Waals surface area contributed by atoms with Gasteiger partial charge in [-0.05, 0) is 30.3 Å². The van der Waals surface area contributed by atoms with Crippen LogP contribution in [-0.4, -0.2) is 14.5 Å². The van der Waals surface area contributed by atoms with Gasteiger partial charge in [-0.15, -0.1) is 0 Å². The van der Waals surface area contributed by atoms with Crippen molar-refractivity contribution in [1.29, 1.82) is 0 Å². The Labute approximate surface area is 149 Å². The SMILES string of the molecule is O=c1ccc2cnc3cc(Br)ccc3c2n1-c1cccc([N+](=O)[O-])c1. The average molecular weight is 396 g/mol. The fraction of sp³-hybridized carbons (Fsp3) is 0. The van der Waals surface area contributed by atoms with E-state index in [4.69, 9.17) is 0 Å². The summed E-state index contributed by atoms with van der Waals surface area (Å²) in [4.78, 5) is 27.6. The van der Waals surface area contributed by atoms with Crippen LogP contribution in [0.25, 0.3) is 27.5 Å². The van der Waals surface area contributed by atoms with Crippen molar-refractivity contribution in [2.24, 2.45) is 0 Å². The minimum Gasteiger partial charge on any atom is -0.276 e. The fourth-order valence-corrected chi connectivity index (χ4v) is 3.24. The molecular weight excluding hydrogens is 386 g/mol. The van der Waals surface area contributed by atoms with Crippen LogP contribution in [0, 0.1) is 10.1 Å². The summed E-state index contributed by atoms with van der Waals surface area (Å²) in [6, 6.07) is 14.8. The van der Waals surface area contributed by atoms with Gasteiger partial charge in [0.05, 0.1) is 21.6 Å². The van der Waals surface area contributed by atoms with E-state index in [1.165, 1.54) is 22.8 Å². The van der Waals surface area contributed by atoms with Crippen LogP contribution in [0.1, 0.15) is 0 Å². The lowest BCUT2D eigenvalue weighted by Crippen LogP contribution is -2.17. The molecule has 7 heteroatoms. The highest BCUT2D eigenvalue weighted by atomic mass is 79.9. The van der Waals surface area contributed by atoms with Crippen molar-refractivity contribution in [2.75, 3.05) is 0 Å². The van der Waals surface area contributed by atoms with Gasteiger partial charge in [-0.25, -0.2) is 0 Å². The number of non-ortho nitro benzene ring substituents is 1. The van der Waals surface area contributed by atoms with Crippen LogP contribution in [0.2, 0.25) is 0 Å². The predicted octanol–water partition coefficient (Wildman–Crippen LogP) is 4.21. The summed E-state index contributed by atoms with van der Waals surface area (Å²) in [6.45, 7) is 0. The summed E-state index contributed by atoms with van der Waals surface area (Å²) in [5, 5.41) is 12.7. The second-order valence-electron chi connectivity index (χ2n) is 5.51. The Balaban J connectivity index is 2.16. The van der Waals surface area contributed by atoms with Crippen LogP contribution in [0.15, 0.2) is 70.1 Å². The standard InChI is InChI=1S/C18H10BrN3O3/c19-12-5-6-15-16(8-12)20-10-11-4-7-17(23)21(18(11)15)13-2-1-3-14(9-13)22(24)25/h1-10H. The van der Waals surface area contributed by atoms with Crippen molar-refractivity contribution in [1.82, 2.24) is 9.55 Å². The van der Waals surface area contributed by atoms with Crippen molar-refractivity contribution in [3.63, 3.8) is 0 Å². The molecule has 4 aromatic rings. The second kappa shape index (κ2) is 5.78. The summed E-state index contributed by atoms with van der Waals surface area (Å²) in [5.41, 5.74) is 1.52. The first-order valence-electron chi connectivity index (χ1n) is 7.39. The molecule has 0 amide bonds. The Bertz CT molecular complexity index is 1220. The third-order valence-electron chi connectivity index (χ3n) is 3.98. The molecule has 0 aliphatic carbocycles. The maximum atomic E-state index is 12.6. The lowest BCUT2D eigenvalue weighted by Gasteiger charge is -2.12. The number of halogens is 1. The first-order valence-corrected chi connectivity index (χ1v) is 8.19. The predicted molar refractivity (Wildman–Crippen MR) is 99.2 cm³/mol. The zero-order valence-corrected chi connectivity index (χ0v) is 14.3. The first kappa shape index (κ1) is 15.5. The number of hydrogen-bond donors (Lipinski definition) is 0. The van der Waals surface area contributed by atoms with Crippen LogP contribution >= 0.6 is 15.9 Å². The number of hydrogen-bond acceptors (Lipinski definition) is 4. The molecule has 4 rings (SSSR count). The number of aromatic nitrogens is 2. The van der Waals surface area contributed by atoms with Crippen molar-refractivity contribution < 1.29 is 4.92 Å². The van der Waals surface area contributed by atoms with Crippen molar-refractivity contribution in [2.45, 2.75) is 0 Å². The van der Waals surface area contributed by atoms with Crippen molar-refractivity contribution in [3.05, 3.63) is 85.7 Å². The lowest BCUT2D eigenvalue weighted by molar-refractivity contribution is -0.384. The van der Waals surface area contributed by atoms with Gasteiger partial charge in [-0.2, -0.15) is 0 Å². The van der Waals surface area contributed by atoms with Gasteiger partial charge in [0.15, 0.2) is 0 Å². The van der Waals surface area contributed by atoms with E-state index in [-0.39, 0.29) is 11.2 Å². The van der Waals surface area contributed by atoms with Gasteiger partial charge in [0.1, 0.15) is 0 Å². The molecule has 2 heterocycles. The molecule has 0 bridgehead atoms. The molecule has 0 fully saturated rings. The quantitative estimate of drug-likeness (QED) is 0.289. The summed E-state index contributed by atoms with van der Waals surface area (Å²) >= 11 is 3.42. The first-order chi connectivity index (χ1) is 12.0. The maximum Gasteiger partial charge on any atom is 0.271 e. The highest BCUT2D eigenvalue weighted by molar-refractivity contribution is 9.10.